The first-order valence-electron chi connectivity index (χ1n) is 7.93. The molecule has 24 heavy (non-hydrogen) atoms. The van der Waals surface area contributed by atoms with Crippen molar-refractivity contribution in [2.24, 2.45) is 10.2 Å². The Morgan fingerprint density at radius 2 is 1.88 bits per heavy atom. The highest BCUT2D eigenvalue weighted by Gasteiger charge is 2.39. The van der Waals surface area contributed by atoms with Crippen LogP contribution < -0.4 is 0 Å². The number of nitriles is 1. The van der Waals surface area contributed by atoms with Gasteiger partial charge in [0.05, 0.1) is 5.69 Å². The van der Waals surface area contributed by atoms with Crippen LogP contribution >= 0.6 is 0 Å². The van der Waals surface area contributed by atoms with E-state index in [1.165, 1.54) is 0 Å². The Balaban J connectivity index is 2.34. The van der Waals surface area contributed by atoms with Gasteiger partial charge >= 0.3 is 0 Å². The number of amides is 2. The van der Waals surface area contributed by atoms with E-state index in [9.17, 15) is 14.9 Å². The minimum atomic E-state index is -0.921. The molecule has 0 saturated heterocycles. The van der Waals surface area contributed by atoms with Gasteiger partial charge in [0, 0.05) is 6.54 Å². The van der Waals surface area contributed by atoms with E-state index in [0.717, 1.165) is 16.9 Å². The molecular formula is C18H20N4O2. The number of rotatable bonds is 5. The SMILES string of the molecule is CCCCN1C(=O)C(C#N)=C(C)C(N=Nc2ccc(C)cc2)C1=O. The van der Waals surface area contributed by atoms with Gasteiger partial charge < -0.3 is 0 Å². The highest BCUT2D eigenvalue weighted by atomic mass is 16.2. The van der Waals surface area contributed by atoms with Crippen LogP contribution in [0.2, 0.25) is 0 Å². The van der Waals surface area contributed by atoms with Gasteiger partial charge in [-0.25, -0.2) is 0 Å². The molecule has 1 heterocycles. The largest absolute Gasteiger partial charge is 0.276 e. The number of benzene rings is 1. The summed E-state index contributed by atoms with van der Waals surface area (Å²) in [6.45, 7) is 5.82. The fourth-order valence-corrected chi connectivity index (χ4v) is 2.41. The predicted octanol–water partition coefficient (Wildman–Crippen LogP) is 3.46. The average Bonchev–Trinajstić information content (AvgIpc) is 2.57. The van der Waals surface area contributed by atoms with E-state index in [4.69, 9.17) is 0 Å². The zero-order valence-electron chi connectivity index (χ0n) is 14.1. The highest BCUT2D eigenvalue weighted by molar-refractivity contribution is 6.12. The molecule has 0 radical (unpaired) electrons. The van der Waals surface area contributed by atoms with E-state index >= 15 is 0 Å². The number of aryl methyl sites for hydroxylation is 1. The van der Waals surface area contributed by atoms with Crippen LogP contribution in [0.1, 0.15) is 32.3 Å². The summed E-state index contributed by atoms with van der Waals surface area (Å²) in [7, 11) is 0. The number of unbranched alkanes of at least 4 members (excludes halogenated alkanes) is 1. The fourth-order valence-electron chi connectivity index (χ4n) is 2.41. The smallest absolute Gasteiger partial charge is 0.271 e. The van der Waals surface area contributed by atoms with Crippen molar-refractivity contribution in [3.05, 3.63) is 41.0 Å². The minimum absolute atomic E-state index is 0.0152. The van der Waals surface area contributed by atoms with Crippen LogP contribution in [-0.4, -0.2) is 29.3 Å². The Morgan fingerprint density at radius 1 is 1.21 bits per heavy atom. The molecule has 0 bridgehead atoms. The minimum Gasteiger partial charge on any atom is -0.276 e. The van der Waals surface area contributed by atoms with E-state index in [1.54, 1.807) is 19.1 Å². The number of carbonyl (C=O) groups excluding carboxylic acids is 2. The van der Waals surface area contributed by atoms with Crippen molar-refractivity contribution in [3.8, 4) is 6.07 Å². The maximum Gasteiger partial charge on any atom is 0.271 e. The van der Waals surface area contributed by atoms with Gasteiger partial charge in [0.1, 0.15) is 11.6 Å². The molecule has 0 N–H and O–H groups in total. The van der Waals surface area contributed by atoms with Crippen LogP contribution in [0, 0.1) is 18.3 Å². The van der Waals surface area contributed by atoms with E-state index in [1.807, 2.05) is 32.0 Å². The third-order valence-corrected chi connectivity index (χ3v) is 3.93. The first-order chi connectivity index (χ1) is 11.5. The molecule has 1 aromatic carbocycles. The standard InChI is InChI=1S/C18H20N4O2/c1-4-5-10-22-17(23)15(11-19)13(3)16(18(22)24)21-20-14-8-6-12(2)7-9-14/h6-9,16H,4-5,10H2,1-3H3. The molecule has 0 saturated carbocycles. The van der Waals surface area contributed by atoms with Crippen LogP contribution in [-0.2, 0) is 9.59 Å². The summed E-state index contributed by atoms with van der Waals surface area (Å²) in [5, 5.41) is 17.5. The van der Waals surface area contributed by atoms with E-state index in [2.05, 4.69) is 10.2 Å². The van der Waals surface area contributed by atoms with Crippen molar-refractivity contribution in [3.63, 3.8) is 0 Å². The average molecular weight is 324 g/mol. The monoisotopic (exact) mass is 324 g/mol. The van der Waals surface area contributed by atoms with Gasteiger partial charge in [0.25, 0.3) is 11.8 Å². The third-order valence-electron chi connectivity index (χ3n) is 3.93. The number of carbonyl (C=O) groups is 2. The summed E-state index contributed by atoms with van der Waals surface area (Å²) in [5.74, 6) is -0.948. The third kappa shape index (κ3) is 3.57. The summed E-state index contributed by atoms with van der Waals surface area (Å²) in [5.41, 5.74) is 2.06. The number of nitrogens with zero attached hydrogens (tertiary/aromatic N) is 4. The molecular weight excluding hydrogens is 304 g/mol. The van der Waals surface area contributed by atoms with Crippen molar-refractivity contribution in [2.45, 2.75) is 39.7 Å². The van der Waals surface area contributed by atoms with Gasteiger partial charge in [0.2, 0.25) is 0 Å². The van der Waals surface area contributed by atoms with Gasteiger partial charge in [-0.05, 0) is 38.0 Å². The summed E-state index contributed by atoms with van der Waals surface area (Å²) < 4.78 is 0. The molecule has 1 aliphatic rings. The normalized spacial score (nSPS) is 18.4. The predicted molar refractivity (Wildman–Crippen MR) is 89.4 cm³/mol. The van der Waals surface area contributed by atoms with Gasteiger partial charge in [0.15, 0.2) is 6.04 Å². The second kappa shape index (κ2) is 7.64. The zero-order valence-corrected chi connectivity index (χ0v) is 14.1. The van der Waals surface area contributed by atoms with Crippen molar-refractivity contribution in [2.75, 3.05) is 6.54 Å². The van der Waals surface area contributed by atoms with Crippen LogP contribution in [0.4, 0.5) is 5.69 Å². The lowest BCUT2D eigenvalue weighted by atomic mass is 9.96. The molecule has 0 spiro atoms. The van der Waals surface area contributed by atoms with Crippen LogP contribution in [0.3, 0.4) is 0 Å². The number of imide groups is 1. The van der Waals surface area contributed by atoms with Crippen LogP contribution in [0.25, 0.3) is 0 Å². The first kappa shape index (κ1) is 17.5. The lowest BCUT2D eigenvalue weighted by Crippen LogP contribution is -2.48. The molecule has 0 aliphatic carbocycles. The lowest BCUT2D eigenvalue weighted by Gasteiger charge is -2.28. The van der Waals surface area contributed by atoms with Crippen molar-refractivity contribution >= 4 is 17.5 Å². The lowest BCUT2D eigenvalue weighted by molar-refractivity contribution is -0.144. The second-order valence-electron chi connectivity index (χ2n) is 5.77. The summed E-state index contributed by atoms with van der Waals surface area (Å²) in [6.07, 6.45) is 1.54. The Hall–Kier alpha value is -2.81. The van der Waals surface area contributed by atoms with Gasteiger partial charge in [-0.15, -0.1) is 0 Å². The molecule has 6 nitrogen and oxygen atoms in total. The zero-order chi connectivity index (χ0) is 17.7. The number of hydrogen-bond donors (Lipinski definition) is 0. The fraction of sp³-hybridized carbons (Fsp3) is 0.389. The van der Waals surface area contributed by atoms with Gasteiger partial charge in [-0.3, -0.25) is 14.5 Å². The maximum absolute atomic E-state index is 12.6. The summed E-state index contributed by atoms with van der Waals surface area (Å²) in [6, 6.07) is 8.38. The molecule has 1 atom stereocenters. The van der Waals surface area contributed by atoms with Crippen LogP contribution in [0.15, 0.2) is 45.6 Å². The van der Waals surface area contributed by atoms with Crippen LogP contribution in [0.5, 0.6) is 0 Å². The molecule has 124 valence electrons. The quantitative estimate of drug-likeness (QED) is 0.614. The summed E-state index contributed by atoms with van der Waals surface area (Å²) in [4.78, 5) is 26.0. The molecule has 0 fully saturated rings. The summed E-state index contributed by atoms with van der Waals surface area (Å²) >= 11 is 0. The molecule has 2 rings (SSSR count). The second-order valence-corrected chi connectivity index (χ2v) is 5.77. The first-order valence-corrected chi connectivity index (χ1v) is 7.93. The van der Waals surface area contributed by atoms with E-state index in [0.29, 0.717) is 24.2 Å². The Labute approximate surface area is 141 Å². The van der Waals surface area contributed by atoms with Gasteiger partial charge in [-0.2, -0.15) is 15.5 Å². The topological polar surface area (TPSA) is 85.9 Å². The Morgan fingerprint density at radius 3 is 2.46 bits per heavy atom. The maximum atomic E-state index is 12.6. The molecule has 0 aromatic heterocycles. The molecule has 1 aromatic rings. The molecule has 6 heteroatoms. The number of azo groups is 1. The Kier molecular flexibility index (Phi) is 5.59. The van der Waals surface area contributed by atoms with E-state index in [-0.39, 0.29) is 5.57 Å². The molecule has 1 aliphatic heterocycles. The van der Waals surface area contributed by atoms with E-state index < -0.39 is 17.9 Å². The van der Waals surface area contributed by atoms with Gasteiger partial charge in [-0.1, -0.05) is 31.0 Å². The number of hydrogen-bond acceptors (Lipinski definition) is 5. The highest BCUT2D eigenvalue weighted by Crippen LogP contribution is 2.25. The molecule has 2 amide bonds. The van der Waals surface area contributed by atoms with Crippen molar-refractivity contribution in [1.82, 2.24) is 4.90 Å². The van der Waals surface area contributed by atoms with Crippen molar-refractivity contribution in [1.29, 1.82) is 5.26 Å². The molecule has 1 unspecified atom stereocenters. The van der Waals surface area contributed by atoms with Crippen molar-refractivity contribution < 1.29 is 9.59 Å². The Bertz CT molecular complexity index is 741.